The van der Waals surface area contributed by atoms with Crippen molar-refractivity contribution in [2.24, 2.45) is 10.2 Å². The molecule has 0 radical (unpaired) electrons. The first-order valence-electron chi connectivity index (χ1n) is 15.3. The summed E-state index contributed by atoms with van der Waals surface area (Å²) in [7, 11) is 0. The molecule has 0 bridgehead atoms. The van der Waals surface area contributed by atoms with Gasteiger partial charge in [0, 0.05) is 0 Å². The lowest BCUT2D eigenvalue weighted by Crippen LogP contribution is -2.15. The van der Waals surface area contributed by atoms with Crippen LogP contribution < -0.4 is 9.47 Å². The molecular formula is C35H44N2O5. The van der Waals surface area contributed by atoms with Crippen molar-refractivity contribution < 1.29 is 23.8 Å². The topological polar surface area (TPSA) is 86.5 Å². The van der Waals surface area contributed by atoms with Crippen LogP contribution in [0.2, 0.25) is 0 Å². The van der Waals surface area contributed by atoms with Gasteiger partial charge in [0.25, 0.3) is 0 Å². The molecule has 0 fully saturated rings. The molecule has 3 rings (SSSR count). The summed E-state index contributed by atoms with van der Waals surface area (Å²) in [6, 6.07) is 20.6. The first-order chi connectivity index (χ1) is 20.5. The summed E-state index contributed by atoms with van der Waals surface area (Å²) in [4.78, 5) is 25.0. The van der Waals surface area contributed by atoms with E-state index in [4.69, 9.17) is 14.2 Å². The number of benzene rings is 3. The third-order valence-electron chi connectivity index (χ3n) is 6.81. The smallest absolute Gasteiger partial charge is 0.343 e. The fraction of sp³-hybridized carbons (Fsp3) is 0.429. The van der Waals surface area contributed by atoms with Gasteiger partial charge < -0.3 is 14.2 Å². The van der Waals surface area contributed by atoms with E-state index in [1.807, 2.05) is 31.2 Å². The third kappa shape index (κ3) is 11.9. The van der Waals surface area contributed by atoms with E-state index in [9.17, 15) is 9.59 Å². The molecule has 1 atom stereocenters. The molecule has 7 nitrogen and oxygen atoms in total. The summed E-state index contributed by atoms with van der Waals surface area (Å²) in [5, 5.41) is 8.53. The lowest BCUT2D eigenvalue weighted by Gasteiger charge is -2.13. The van der Waals surface area contributed by atoms with Gasteiger partial charge in [-0.3, -0.25) is 0 Å². The largest absolute Gasteiger partial charge is 0.494 e. The van der Waals surface area contributed by atoms with E-state index in [0.717, 1.165) is 44.5 Å². The molecule has 0 spiro atoms. The molecule has 224 valence electrons. The van der Waals surface area contributed by atoms with E-state index in [1.165, 1.54) is 32.1 Å². The van der Waals surface area contributed by atoms with Gasteiger partial charge in [-0.15, -0.1) is 0 Å². The highest BCUT2D eigenvalue weighted by Crippen LogP contribution is 2.23. The first kappa shape index (κ1) is 32.5. The second kappa shape index (κ2) is 18.4. The predicted molar refractivity (Wildman–Crippen MR) is 166 cm³/mol. The summed E-state index contributed by atoms with van der Waals surface area (Å²) < 4.78 is 16.8. The summed E-state index contributed by atoms with van der Waals surface area (Å²) in [5.74, 6) is 0.285. The Morgan fingerprint density at radius 1 is 0.619 bits per heavy atom. The van der Waals surface area contributed by atoms with Gasteiger partial charge in [-0.05, 0) is 99.0 Å². The van der Waals surface area contributed by atoms with Crippen molar-refractivity contribution >= 4 is 23.3 Å². The molecule has 7 heteroatoms. The average molecular weight is 573 g/mol. The van der Waals surface area contributed by atoms with E-state index in [2.05, 4.69) is 24.1 Å². The Balaban J connectivity index is 1.43. The molecular weight excluding hydrogens is 528 g/mol. The summed E-state index contributed by atoms with van der Waals surface area (Å²) in [6.45, 7) is 6.99. The minimum absolute atomic E-state index is 0.135. The zero-order valence-electron chi connectivity index (χ0n) is 25.2. The van der Waals surface area contributed by atoms with Gasteiger partial charge in [-0.2, -0.15) is 10.2 Å². The molecule has 0 saturated heterocycles. The Hall–Kier alpha value is -4.00. The summed E-state index contributed by atoms with van der Waals surface area (Å²) in [6.07, 6.45) is 11.4. The minimum atomic E-state index is -0.505. The quantitative estimate of drug-likeness (QED) is 0.0655. The molecule has 0 aliphatic heterocycles. The number of rotatable bonds is 18. The lowest BCUT2D eigenvalue weighted by molar-refractivity contribution is 0.0319. The Labute approximate surface area is 250 Å². The van der Waals surface area contributed by atoms with Gasteiger partial charge in [0.05, 0.1) is 35.2 Å². The molecule has 3 aromatic rings. The minimum Gasteiger partial charge on any atom is -0.494 e. The molecule has 0 aromatic heterocycles. The van der Waals surface area contributed by atoms with E-state index in [-0.39, 0.29) is 12.1 Å². The van der Waals surface area contributed by atoms with Crippen molar-refractivity contribution in [3.8, 4) is 11.5 Å². The maximum Gasteiger partial charge on any atom is 0.343 e. The van der Waals surface area contributed by atoms with Gasteiger partial charge >= 0.3 is 11.9 Å². The fourth-order valence-corrected chi connectivity index (χ4v) is 4.28. The molecule has 0 aliphatic rings. The Morgan fingerprint density at radius 3 is 1.76 bits per heavy atom. The van der Waals surface area contributed by atoms with Gasteiger partial charge in [-0.1, -0.05) is 58.8 Å². The number of unbranched alkanes of at least 4 members (excludes halogenated alkanes) is 7. The van der Waals surface area contributed by atoms with Crippen LogP contribution in [-0.2, 0) is 4.74 Å². The van der Waals surface area contributed by atoms with Gasteiger partial charge in [0.1, 0.15) is 11.5 Å². The Kier molecular flexibility index (Phi) is 14.3. The van der Waals surface area contributed by atoms with E-state index >= 15 is 0 Å². The van der Waals surface area contributed by atoms with Crippen molar-refractivity contribution in [2.45, 2.75) is 91.1 Å². The van der Waals surface area contributed by atoms with E-state index in [1.54, 1.807) is 48.5 Å². The molecule has 0 aliphatic carbocycles. The maximum atomic E-state index is 12.6. The van der Waals surface area contributed by atoms with Crippen LogP contribution in [0.15, 0.2) is 83.0 Å². The lowest BCUT2D eigenvalue weighted by atomic mass is 10.1. The van der Waals surface area contributed by atoms with E-state index in [0.29, 0.717) is 28.3 Å². The predicted octanol–water partition coefficient (Wildman–Crippen LogP) is 10.2. The van der Waals surface area contributed by atoms with Crippen molar-refractivity contribution in [3.05, 3.63) is 83.9 Å². The zero-order valence-corrected chi connectivity index (χ0v) is 25.2. The number of nitrogens with zero attached hydrogens (tertiary/aromatic N) is 2. The summed E-state index contributed by atoms with van der Waals surface area (Å²) >= 11 is 0. The number of hydrogen-bond acceptors (Lipinski definition) is 7. The number of esters is 2. The van der Waals surface area contributed by atoms with Gasteiger partial charge in [0.15, 0.2) is 0 Å². The molecule has 3 aromatic carbocycles. The third-order valence-corrected chi connectivity index (χ3v) is 6.81. The van der Waals surface area contributed by atoms with Crippen molar-refractivity contribution in [2.75, 3.05) is 6.61 Å². The SMILES string of the molecule is CCCCCCCCOc1ccc(N=Nc2ccc(C(=O)Oc3ccc(C(=O)O[C@@H](C)CCCCC)cc3)cc2)cc1. The summed E-state index contributed by atoms with van der Waals surface area (Å²) in [5.41, 5.74) is 2.12. The molecule has 0 N–H and O–H groups in total. The standard InChI is InChI=1S/C35H44N2O5/c1-4-6-8-9-10-12-26-40-32-24-20-31(21-25-32)37-36-30-18-14-28(15-19-30)35(39)42-33-22-16-29(17-23-33)34(38)41-27(3)13-11-7-5-2/h14-25,27H,4-13,26H2,1-3H3/t27-/m0/s1. The highest BCUT2D eigenvalue weighted by Gasteiger charge is 2.13. The van der Waals surface area contributed by atoms with E-state index < -0.39 is 5.97 Å². The molecule has 42 heavy (non-hydrogen) atoms. The van der Waals surface area contributed by atoms with Crippen LogP contribution >= 0.6 is 0 Å². The highest BCUT2D eigenvalue weighted by atomic mass is 16.5. The normalized spacial score (nSPS) is 11.8. The number of hydrogen-bond donors (Lipinski definition) is 0. The fourth-order valence-electron chi connectivity index (χ4n) is 4.28. The van der Waals surface area contributed by atoms with Crippen LogP contribution in [0.4, 0.5) is 11.4 Å². The van der Waals surface area contributed by atoms with Crippen LogP contribution in [0.1, 0.15) is 106 Å². The van der Waals surface area contributed by atoms with Crippen molar-refractivity contribution in [1.29, 1.82) is 0 Å². The molecule has 0 saturated carbocycles. The highest BCUT2D eigenvalue weighted by molar-refractivity contribution is 5.92. The average Bonchev–Trinajstić information content (AvgIpc) is 3.01. The molecule has 0 unspecified atom stereocenters. The van der Waals surface area contributed by atoms with Crippen molar-refractivity contribution in [1.82, 2.24) is 0 Å². The molecule has 0 amide bonds. The zero-order chi connectivity index (χ0) is 30.0. The second-order valence-electron chi connectivity index (χ2n) is 10.5. The van der Waals surface area contributed by atoms with Crippen LogP contribution in [0.3, 0.4) is 0 Å². The Bertz CT molecular complexity index is 1240. The van der Waals surface area contributed by atoms with Gasteiger partial charge in [0.2, 0.25) is 0 Å². The number of azo groups is 1. The van der Waals surface area contributed by atoms with Crippen LogP contribution in [0, 0.1) is 0 Å². The Morgan fingerprint density at radius 2 is 1.12 bits per heavy atom. The number of ether oxygens (including phenoxy) is 3. The second-order valence-corrected chi connectivity index (χ2v) is 10.5. The first-order valence-corrected chi connectivity index (χ1v) is 15.3. The molecule has 0 heterocycles. The van der Waals surface area contributed by atoms with Crippen LogP contribution in [0.5, 0.6) is 11.5 Å². The van der Waals surface area contributed by atoms with Crippen LogP contribution in [0.25, 0.3) is 0 Å². The number of carbonyl (C=O) groups excluding carboxylic acids is 2. The monoisotopic (exact) mass is 572 g/mol. The van der Waals surface area contributed by atoms with Crippen molar-refractivity contribution in [3.63, 3.8) is 0 Å². The van der Waals surface area contributed by atoms with Gasteiger partial charge in [-0.25, -0.2) is 9.59 Å². The maximum absolute atomic E-state index is 12.6. The van der Waals surface area contributed by atoms with Crippen LogP contribution in [-0.4, -0.2) is 24.6 Å². The number of carbonyl (C=O) groups is 2.